The molecule has 0 N–H and O–H groups in total. The highest BCUT2D eigenvalue weighted by Gasteiger charge is 2.34. The molecule has 1 aliphatic carbocycles. The molecule has 0 radical (unpaired) electrons. The summed E-state index contributed by atoms with van der Waals surface area (Å²) in [6.45, 7) is 0. The highest BCUT2D eigenvalue weighted by atomic mass is 16.6. The molecule has 4 heterocycles. The van der Waals surface area contributed by atoms with Crippen molar-refractivity contribution in [3.63, 3.8) is 0 Å². The molecular formula is C55H37N5O2. The van der Waals surface area contributed by atoms with Gasteiger partial charge in [-0.3, -0.25) is 9.97 Å². The average Bonchev–Trinajstić information content (AvgIpc) is 3.36. The third kappa shape index (κ3) is 7.22. The summed E-state index contributed by atoms with van der Waals surface area (Å²) in [4.78, 5) is 24.9. The Kier molecular flexibility index (Phi) is 9.52. The van der Waals surface area contributed by atoms with Gasteiger partial charge in [0.05, 0.1) is 17.0 Å². The Bertz CT molecular complexity index is 2940. The summed E-state index contributed by atoms with van der Waals surface area (Å²) in [5.74, 6) is 2.74. The van der Waals surface area contributed by atoms with E-state index in [-0.39, 0.29) is 12.2 Å². The van der Waals surface area contributed by atoms with Crippen molar-refractivity contribution in [1.29, 1.82) is 0 Å². The normalized spacial score (nSPS) is 14.9. The number of benzene rings is 6. The van der Waals surface area contributed by atoms with Gasteiger partial charge in [0.1, 0.15) is 0 Å². The van der Waals surface area contributed by atoms with Gasteiger partial charge in [0, 0.05) is 40.2 Å². The molecule has 294 valence electrons. The zero-order valence-corrected chi connectivity index (χ0v) is 33.4. The number of fused-ring (bicyclic) bond motifs is 2. The smallest absolute Gasteiger partial charge is 0.174 e. The first-order valence-corrected chi connectivity index (χ1v) is 20.6. The molecule has 0 amide bonds. The summed E-state index contributed by atoms with van der Waals surface area (Å²) < 4.78 is 13.9. The fraction of sp³-hybridized carbons (Fsp3) is 0.0364. The van der Waals surface area contributed by atoms with Gasteiger partial charge >= 0.3 is 0 Å². The Hall–Kier alpha value is -8.29. The van der Waals surface area contributed by atoms with E-state index in [1.807, 2.05) is 116 Å². The number of rotatable bonds is 8. The summed E-state index contributed by atoms with van der Waals surface area (Å²) >= 11 is 0. The van der Waals surface area contributed by atoms with Crippen LogP contribution < -0.4 is 9.47 Å². The molecule has 0 fully saturated rings. The fourth-order valence-electron chi connectivity index (χ4n) is 8.04. The first kappa shape index (κ1) is 36.8. The molecule has 2 unspecified atom stereocenters. The molecule has 11 rings (SSSR count). The molecular weight excluding hydrogens is 763 g/mol. The molecule has 0 spiro atoms. The van der Waals surface area contributed by atoms with Crippen LogP contribution >= 0.6 is 0 Å². The summed E-state index contributed by atoms with van der Waals surface area (Å²) in [6.07, 6.45) is 11.0. The van der Waals surface area contributed by atoms with Crippen LogP contribution in [-0.2, 0) is 0 Å². The quantitative estimate of drug-likeness (QED) is 0.151. The molecule has 2 atom stereocenters. The van der Waals surface area contributed by atoms with Gasteiger partial charge in [-0.1, -0.05) is 133 Å². The molecule has 6 aromatic carbocycles. The number of allylic oxidation sites excluding steroid dienone is 2. The van der Waals surface area contributed by atoms with Crippen molar-refractivity contribution in [1.82, 2.24) is 24.9 Å². The van der Waals surface area contributed by atoms with Crippen LogP contribution in [0.15, 0.2) is 213 Å². The Morgan fingerprint density at radius 3 is 1.21 bits per heavy atom. The minimum absolute atomic E-state index is 0.327. The van der Waals surface area contributed by atoms with Crippen LogP contribution in [0.1, 0.15) is 0 Å². The average molecular weight is 800 g/mol. The Morgan fingerprint density at radius 2 is 0.726 bits per heavy atom. The summed E-state index contributed by atoms with van der Waals surface area (Å²) in [6, 6.07) is 59.8. The number of hydrogen-bond donors (Lipinski definition) is 0. The van der Waals surface area contributed by atoms with Crippen LogP contribution in [0.5, 0.6) is 11.5 Å². The van der Waals surface area contributed by atoms with Crippen LogP contribution in [0, 0.1) is 0 Å². The maximum Gasteiger partial charge on any atom is 0.174 e. The largest absolute Gasteiger partial charge is 0.478 e. The summed E-state index contributed by atoms with van der Waals surface area (Å²) in [5.41, 5.74) is 12.4. The second-order valence-electron chi connectivity index (χ2n) is 15.2. The Balaban J connectivity index is 1.08. The zero-order chi connectivity index (χ0) is 41.2. The lowest BCUT2D eigenvalue weighted by Crippen LogP contribution is -2.38. The van der Waals surface area contributed by atoms with Crippen molar-refractivity contribution in [2.45, 2.75) is 12.2 Å². The Morgan fingerprint density at radius 1 is 0.323 bits per heavy atom. The van der Waals surface area contributed by atoms with Crippen molar-refractivity contribution in [2.24, 2.45) is 0 Å². The lowest BCUT2D eigenvalue weighted by atomic mass is 9.94. The number of nitrogens with zero attached hydrogens (tertiary/aromatic N) is 5. The minimum atomic E-state index is -0.345. The predicted molar refractivity (Wildman–Crippen MR) is 246 cm³/mol. The molecule has 1 aliphatic heterocycles. The van der Waals surface area contributed by atoms with Gasteiger partial charge in [0.25, 0.3) is 0 Å². The van der Waals surface area contributed by atoms with E-state index in [2.05, 4.69) is 97.1 Å². The van der Waals surface area contributed by atoms with Crippen molar-refractivity contribution in [2.75, 3.05) is 0 Å². The van der Waals surface area contributed by atoms with Gasteiger partial charge in [-0.2, -0.15) is 0 Å². The van der Waals surface area contributed by atoms with E-state index in [4.69, 9.17) is 34.4 Å². The molecule has 3 aromatic heterocycles. The van der Waals surface area contributed by atoms with Gasteiger partial charge in [-0.05, 0) is 94.6 Å². The van der Waals surface area contributed by atoms with Gasteiger partial charge in [-0.25, -0.2) is 15.0 Å². The standard InChI is InChI=1S/C55H37N5O2/c1-3-13-36(14-4-1)38-21-25-40(26-22-38)53-58-54(41-27-23-39(24-28-41)37-15-5-2-6-16-37)60-55(59-53)46-30-29-45(51-52(46)62-50-20-8-7-19-49(50)61-51)42-33-43(47-17-9-11-31-56-47)35-44(34-42)48-18-10-12-32-57-48/h1-35,49-50H. The molecule has 9 aromatic rings. The number of ether oxygens (including phenoxy) is 2. The van der Waals surface area contributed by atoms with Crippen LogP contribution in [0.4, 0.5) is 0 Å². The first-order chi connectivity index (χ1) is 30.7. The van der Waals surface area contributed by atoms with Crippen molar-refractivity contribution in [3.8, 4) is 102 Å². The third-order valence-corrected chi connectivity index (χ3v) is 11.2. The zero-order valence-electron chi connectivity index (χ0n) is 33.4. The monoisotopic (exact) mass is 799 g/mol. The molecule has 62 heavy (non-hydrogen) atoms. The second-order valence-corrected chi connectivity index (χ2v) is 15.2. The van der Waals surface area contributed by atoms with Crippen molar-refractivity contribution >= 4 is 0 Å². The molecule has 0 saturated carbocycles. The lowest BCUT2D eigenvalue weighted by molar-refractivity contribution is 0.0769. The van der Waals surface area contributed by atoms with E-state index < -0.39 is 0 Å². The van der Waals surface area contributed by atoms with Gasteiger partial charge in [-0.15, -0.1) is 0 Å². The number of aromatic nitrogens is 5. The summed E-state index contributed by atoms with van der Waals surface area (Å²) in [7, 11) is 0. The third-order valence-electron chi connectivity index (χ3n) is 11.2. The highest BCUT2D eigenvalue weighted by Crippen LogP contribution is 2.49. The molecule has 7 nitrogen and oxygen atoms in total. The van der Waals surface area contributed by atoms with E-state index in [9.17, 15) is 0 Å². The van der Waals surface area contributed by atoms with E-state index in [0.29, 0.717) is 34.5 Å². The van der Waals surface area contributed by atoms with Crippen LogP contribution in [0.25, 0.3) is 90.1 Å². The molecule has 0 saturated heterocycles. The maximum absolute atomic E-state index is 6.95. The summed E-state index contributed by atoms with van der Waals surface area (Å²) in [5, 5.41) is 0. The SMILES string of the molecule is C1=CC2Oc3c(-c4cc(-c5ccccn5)cc(-c5ccccn5)c4)ccc(-c4nc(-c5ccc(-c6ccccc6)cc5)nc(-c5ccc(-c6ccccc6)cc5)n4)c3OC2C=C1. The van der Waals surface area contributed by atoms with E-state index in [1.165, 1.54) is 0 Å². The Labute approximate surface area is 359 Å². The second kappa shape index (κ2) is 16.0. The van der Waals surface area contributed by atoms with E-state index in [0.717, 1.165) is 67.0 Å². The van der Waals surface area contributed by atoms with Crippen molar-refractivity contribution in [3.05, 3.63) is 213 Å². The van der Waals surface area contributed by atoms with Crippen molar-refractivity contribution < 1.29 is 9.47 Å². The van der Waals surface area contributed by atoms with Crippen LogP contribution in [0.3, 0.4) is 0 Å². The van der Waals surface area contributed by atoms with Gasteiger partial charge in [0.15, 0.2) is 41.2 Å². The molecule has 0 bridgehead atoms. The predicted octanol–water partition coefficient (Wildman–Crippen LogP) is 12.6. The number of pyridine rings is 2. The van der Waals surface area contributed by atoms with E-state index in [1.54, 1.807) is 0 Å². The maximum atomic E-state index is 6.95. The van der Waals surface area contributed by atoms with Crippen LogP contribution in [0.2, 0.25) is 0 Å². The fourth-order valence-corrected chi connectivity index (χ4v) is 8.04. The molecule has 7 heteroatoms. The highest BCUT2D eigenvalue weighted by molar-refractivity contribution is 5.87. The minimum Gasteiger partial charge on any atom is -0.478 e. The lowest BCUT2D eigenvalue weighted by Gasteiger charge is -2.34. The van der Waals surface area contributed by atoms with E-state index >= 15 is 0 Å². The van der Waals surface area contributed by atoms with Gasteiger partial charge in [0.2, 0.25) is 0 Å². The first-order valence-electron chi connectivity index (χ1n) is 20.6. The molecule has 2 aliphatic rings. The number of hydrogen-bond acceptors (Lipinski definition) is 7. The topological polar surface area (TPSA) is 82.9 Å². The van der Waals surface area contributed by atoms with Gasteiger partial charge < -0.3 is 9.47 Å². The van der Waals surface area contributed by atoms with Crippen LogP contribution in [-0.4, -0.2) is 37.1 Å².